The smallest absolute Gasteiger partial charge is 0.314 e. The lowest BCUT2D eigenvalue weighted by molar-refractivity contribution is 0.242. The van der Waals surface area contributed by atoms with Crippen molar-refractivity contribution in [3.8, 4) is 5.75 Å². The molecule has 0 unspecified atom stereocenters. The molecule has 0 saturated heterocycles. The molecule has 1 aromatic rings. The van der Waals surface area contributed by atoms with Crippen molar-refractivity contribution in [3.05, 3.63) is 29.3 Å². The van der Waals surface area contributed by atoms with Gasteiger partial charge in [0.25, 0.3) is 0 Å². The van der Waals surface area contributed by atoms with Crippen molar-refractivity contribution in [2.24, 2.45) is 0 Å². The van der Waals surface area contributed by atoms with Crippen LogP contribution in [0.4, 0.5) is 4.79 Å². The van der Waals surface area contributed by atoms with Gasteiger partial charge in [-0.1, -0.05) is 12.1 Å². The number of rotatable bonds is 3. The highest BCUT2D eigenvalue weighted by atomic mass is 16.5. The quantitative estimate of drug-likeness (QED) is 0.789. The van der Waals surface area contributed by atoms with Crippen molar-refractivity contribution in [3.63, 3.8) is 0 Å². The van der Waals surface area contributed by atoms with Gasteiger partial charge in [0, 0.05) is 13.6 Å². The van der Waals surface area contributed by atoms with Crippen LogP contribution in [0.2, 0.25) is 0 Å². The van der Waals surface area contributed by atoms with E-state index in [4.69, 9.17) is 4.74 Å². The van der Waals surface area contributed by atoms with Crippen molar-refractivity contribution < 1.29 is 9.53 Å². The Hall–Kier alpha value is -1.71. The third-order valence-corrected chi connectivity index (χ3v) is 2.14. The van der Waals surface area contributed by atoms with E-state index < -0.39 is 0 Å². The van der Waals surface area contributed by atoms with Crippen molar-refractivity contribution in [1.29, 1.82) is 0 Å². The molecule has 0 bridgehead atoms. The zero-order chi connectivity index (χ0) is 11.3. The van der Waals surface area contributed by atoms with Gasteiger partial charge >= 0.3 is 6.03 Å². The topological polar surface area (TPSA) is 50.4 Å². The highest BCUT2D eigenvalue weighted by molar-refractivity contribution is 5.73. The number of hydrogen-bond acceptors (Lipinski definition) is 2. The largest absolute Gasteiger partial charge is 0.496 e. The third kappa shape index (κ3) is 3.16. The van der Waals surface area contributed by atoms with Gasteiger partial charge in [-0.25, -0.2) is 4.79 Å². The van der Waals surface area contributed by atoms with Crippen molar-refractivity contribution in [1.82, 2.24) is 10.6 Å². The molecule has 82 valence electrons. The lowest BCUT2D eigenvalue weighted by Gasteiger charge is -2.08. The SMILES string of the molecule is CNC(=O)NCc1ccc(OC)c(C)c1. The molecule has 0 aliphatic carbocycles. The maximum Gasteiger partial charge on any atom is 0.314 e. The summed E-state index contributed by atoms with van der Waals surface area (Å²) < 4.78 is 5.15. The first-order valence-corrected chi connectivity index (χ1v) is 4.76. The second-order valence-electron chi connectivity index (χ2n) is 3.24. The Labute approximate surface area is 89.6 Å². The maximum atomic E-state index is 10.9. The predicted octanol–water partition coefficient (Wildman–Crippen LogP) is 1.43. The zero-order valence-electron chi connectivity index (χ0n) is 9.26. The number of aryl methyl sites for hydroxylation is 1. The van der Waals surface area contributed by atoms with E-state index in [9.17, 15) is 4.79 Å². The van der Waals surface area contributed by atoms with E-state index in [0.717, 1.165) is 16.9 Å². The predicted molar refractivity (Wildman–Crippen MR) is 59.0 cm³/mol. The van der Waals surface area contributed by atoms with Crippen molar-refractivity contribution in [2.75, 3.05) is 14.2 Å². The summed E-state index contributed by atoms with van der Waals surface area (Å²) in [7, 11) is 3.24. The monoisotopic (exact) mass is 208 g/mol. The molecule has 2 N–H and O–H groups in total. The van der Waals surface area contributed by atoms with E-state index in [2.05, 4.69) is 10.6 Å². The van der Waals surface area contributed by atoms with Gasteiger partial charge in [-0.15, -0.1) is 0 Å². The van der Waals surface area contributed by atoms with Crippen LogP contribution in [0.5, 0.6) is 5.75 Å². The van der Waals surface area contributed by atoms with E-state index in [1.165, 1.54) is 0 Å². The summed E-state index contributed by atoms with van der Waals surface area (Å²) in [5, 5.41) is 5.22. The molecule has 0 radical (unpaired) electrons. The number of ether oxygens (including phenoxy) is 1. The van der Waals surface area contributed by atoms with Crippen LogP contribution in [0.25, 0.3) is 0 Å². The molecule has 0 heterocycles. The molecule has 0 aliphatic heterocycles. The normalized spacial score (nSPS) is 9.53. The van der Waals surface area contributed by atoms with Crippen molar-refractivity contribution >= 4 is 6.03 Å². The fourth-order valence-electron chi connectivity index (χ4n) is 1.32. The second-order valence-corrected chi connectivity index (χ2v) is 3.24. The minimum atomic E-state index is -0.177. The number of amides is 2. The van der Waals surface area contributed by atoms with Gasteiger partial charge < -0.3 is 15.4 Å². The van der Waals surface area contributed by atoms with Gasteiger partial charge in [0.1, 0.15) is 5.75 Å². The maximum absolute atomic E-state index is 10.9. The third-order valence-electron chi connectivity index (χ3n) is 2.14. The molecular formula is C11H16N2O2. The van der Waals surface area contributed by atoms with Gasteiger partial charge in [-0.3, -0.25) is 0 Å². The molecule has 0 spiro atoms. The Morgan fingerprint density at radius 2 is 2.20 bits per heavy atom. The van der Waals surface area contributed by atoms with Crippen LogP contribution in [0.3, 0.4) is 0 Å². The van der Waals surface area contributed by atoms with E-state index in [1.54, 1.807) is 14.2 Å². The molecule has 1 aromatic carbocycles. The Morgan fingerprint density at radius 3 is 2.73 bits per heavy atom. The Bertz CT molecular complexity index is 350. The highest BCUT2D eigenvalue weighted by Gasteiger charge is 2.01. The summed E-state index contributed by atoms with van der Waals surface area (Å²) in [6, 6.07) is 5.65. The standard InChI is InChI=1S/C11H16N2O2/c1-8-6-9(4-5-10(8)15-3)7-13-11(14)12-2/h4-6H,7H2,1-3H3,(H2,12,13,14). The molecule has 4 nitrogen and oxygen atoms in total. The number of urea groups is 1. The van der Waals surface area contributed by atoms with Gasteiger partial charge in [-0.05, 0) is 24.1 Å². The molecule has 0 fully saturated rings. The first-order chi connectivity index (χ1) is 7.17. The molecule has 0 saturated carbocycles. The minimum absolute atomic E-state index is 0.177. The van der Waals surface area contributed by atoms with E-state index in [0.29, 0.717) is 6.54 Å². The zero-order valence-corrected chi connectivity index (χ0v) is 9.26. The van der Waals surface area contributed by atoms with Crippen LogP contribution in [0, 0.1) is 6.92 Å². The summed E-state index contributed by atoms with van der Waals surface area (Å²) >= 11 is 0. The van der Waals surface area contributed by atoms with Gasteiger partial charge in [0.2, 0.25) is 0 Å². The number of methoxy groups -OCH3 is 1. The fourth-order valence-corrected chi connectivity index (χ4v) is 1.32. The van der Waals surface area contributed by atoms with E-state index in [-0.39, 0.29) is 6.03 Å². The molecule has 2 amide bonds. The van der Waals surface area contributed by atoms with Gasteiger partial charge in [0.15, 0.2) is 0 Å². The number of nitrogens with one attached hydrogen (secondary N) is 2. The summed E-state index contributed by atoms with van der Waals surface area (Å²) in [4.78, 5) is 10.9. The summed E-state index contributed by atoms with van der Waals surface area (Å²) in [6.07, 6.45) is 0. The molecule has 4 heteroatoms. The van der Waals surface area contributed by atoms with Crippen LogP contribution in [0.1, 0.15) is 11.1 Å². The summed E-state index contributed by atoms with van der Waals surface area (Å²) in [5.74, 6) is 0.860. The molecular weight excluding hydrogens is 192 g/mol. The van der Waals surface area contributed by atoms with Crippen LogP contribution in [0.15, 0.2) is 18.2 Å². The van der Waals surface area contributed by atoms with E-state index >= 15 is 0 Å². The number of benzene rings is 1. The van der Waals surface area contributed by atoms with Crippen LogP contribution < -0.4 is 15.4 Å². The Kier molecular flexibility index (Phi) is 3.97. The average Bonchev–Trinajstić information content (AvgIpc) is 2.26. The van der Waals surface area contributed by atoms with Crippen LogP contribution >= 0.6 is 0 Å². The second kappa shape index (κ2) is 5.24. The molecule has 0 atom stereocenters. The average molecular weight is 208 g/mol. The number of carbonyl (C=O) groups excluding carboxylic acids is 1. The highest BCUT2D eigenvalue weighted by Crippen LogP contribution is 2.18. The summed E-state index contributed by atoms with van der Waals surface area (Å²) in [6.45, 7) is 2.49. The fraction of sp³-hybridized carbons (Fsp3) is 0.364. The number of carbonyl (C=O) groups is 1. The Balaban J connectivity index is 2.63. The summed E-state index contributed by atoms with van der Waals surface area (Å²) in [5.41, 5.74) is 2.12. The van der Waals surface area contributed by atoms with Gasteiger partial charge in [0.05, 0.1) is 7.11 Å². The Morgan fingerprint density at radius 1 is 1.47 bits per heavy atom. The molecule has 0 aliphatic rings. The van der Waals surface area contributed by atoms with E-state index in [1.807, 2.05) is 25.1 Å². The lowest BCUT2D eigenvalue weighted by atomic mass is 10.1. The molecule has 1 rings (SSSR count). The lowest BCUT2D eigenvalue weighted by Crippen LogP contribution is -2.32. The molecule has 0 aromatic heterocycles. The van der Waals surface area contributed by atoms with Crippen LogP contribution in [-0.4, -0.2) is 20.2 Å². The first kappa shape index (κ1) is 11.4. The van der Waals surface area contributed by atoms with Crippen molar-refractivity contribution in [2.45, 2.75) is 13.5 Å². The number of hydrogen-bond donors (Lipinski definition) is 2. The molecule has 15 heavy (non-hydrogen) atoms. The van der Waals surface area contributed by atoms with Crippen LogP contribution in [-0.2, 0) is 6.54 Å². The minimum Gasteiger partial charge on any atom is -0.496 e. The first-order valence-electron chi connectivity index (χ1n) is 4.76. The van der Waals surface area contributed by atoms with Gasteiger partial charge in [-0.2, -0.15) is 0 Å².